The highest BCUT2D eigenvalue weighted by Gasteiger charge is 2.28. The smallest absolute Gasteiger partial charge is 0.215 e. The Labute approximate surface area is 202 Å². The molecule has 4 rings (SSSR count). The van der Waals surface area contributed by atoms with Crippen LogP contribution in [-0.4, -0.2) is 64.8 Å². The van der Waals surface area contributed by atoms with Gasteiger partial charge in [0.05, 0.1) is 32.7 Å². The van der Waals surface area contributed by atoms with Crippen LogP contribution in [0, 0.1) is 12.8 Å². The van der Waals surface area contributed by atoms with Crippen molar-refractivity contribution < 1.29 is 9.47 Å². The monoisotopic (exact) mass is 466 g/mol. The highest BCUT2D eigenvalue weighted by Crippen LogP contribution is 2.29. The van der Waals surface area contributed by atoms with E-state index in [2.05, 4.69) is 42.1 Å². The van der Waals surface area contributed by atoms with Crippen LogP contribution in [0.15, 0.2) is 35.2 Å². The third-order valence-corrected chi connectivity index (χ3v) is 7.26. The van der Waals surface area contributed by atoms with Gasteiger partial charge in [0.2, 0.25) is 5.88 Å². The molecular weight excluding hydrogens is 428 g/mol. The number of hydrogen-bond acceptors (Lipinski definition) is 7. The molecule has 2 atom stereocenters. The number of ether oxygens (including phenoxy) is 2. The van der Waals surface area contributed by atoms with Gasteiger partial charge in [-0.25, -0.2) is 9.98 Å². The Morgan fingerprint density at radius 1 is 1.21 bits per heavy atom. The average molecular weight is 467 g/mol. The molecule has 2 fully saturated rings. The van der Waals surface area contributed by atoms with Crippen LogP contribution in [0.3, 0.4) is 0 Å². The molecule has 4 heterocycles. The van der Waals surface area contributed by atoms with E-state index in [4.69, 9.17) is 20.2 Å². The Bertz CT molecular complexity index is 1050. The van der Waals surface area contributed by atoms with Crippen LogP contribution in [0.4, 0.5) is 5.69 Å². The third-order valence-electron chi connectivity index (χ3n) is 7.26. The van der Waals surface area contributed by atoms with Crippen molar-refractivity contribution in [1.82, 2.24) is 19.7 Å². The molecular formula is C26H38N6O2. The maximum Gasteiger partial charge on any atom is 0.215 e. The van der Waals surface area contributed by atoms with Crippen molar-refractivity contribution in [2.75, 3.05) is 27.4 Å². The van der Waals surface area contributed by atoms with E-state index in [1.165, 1.54) is 12.8 Å². The second kappa shape index (κ2) is 10.7. The van der Waals surface area contributed by atoms with Crippen molar-refractivity contribution in [2.24, 2.45) is 16.6 Å². The summed E-state index contributed by atoms with van der Waals surface area (Å²) in [4.78, 5) is 11.9. The van der Waals surface area contributed by atoms with E-state index < -0.39 is 0 Å². The third kappa shape index (κ3) is 5.50. The minimum absolute atomic E-state index is 0.599. The number of rotatable bonds is 5. The number of likely N-dealkylation sites (tertiary alicyclic amines) is 1. The van der Waals surface area contributed by atoms with Crippen molar-refractivity contribution >= 4 is 17.1 Å². The molecule has 34 heavy (non-hydrogen) atoms. The van der Waals surface area contributed by atoms with Crippen molar-refractivity contribution in [1.29, 1.82) is 0 Å². The summed E-state index contributed by atoms with van der Waals surface area (Å²) < 4.78 is 13.1. The standard InChI is InChI=1S/C26H38N6O2/c1-17-10-21(13-28-26(17)33-5)25(27)23-6-8-34-9-7-24(23)30-22-14-29-32(16-22)15-20-11-18(2)31(4)19(3)12-20/h10,13-14,16,18-20H,6-9,11-12,15,27H2,1-5H3. The number of hydrogen-bond donors (Lipinski definition) is 1. The zero-order valence-electron chi connectivity index (χ0n) is 21.1. The lowest BCUT2D eigenvalue weighted by molar-refractivity contribution is 0.0892. The van der Waals surface area contributed by atoms with Gasteiger partial charge in [-0.2, -0.15) is 5.10 Å². The van der Waals surface area contributed by atoms with Gasteiger partial charge in [-0.3, -0.25) is 4.68 Å². The number of methoxy groups -OCH3 is 1. The van der Waals surface area contributed by atoms with Crippen molar-refractivity contribution in [2.45, 2.75) is 65.1 Å². The Hall–Kier alpha value is -2.71. The molecule has 2 N–H and O–H groups in total. The fourth-order valence-corrected chi connectivity index (χ4v) is 5.16. The normalized spacial score (nSPS) is 27.0. The van der Waals surface area contributed by atoms with Crippen LogP contribution < -0.4 is 10.5 Å². The van der Waals surface area contributed by atoms with Crippen LogP contribution in [-0.2, 0) is 11.3 Å². The van der Waals surface area contributed by atoms with E-state index in [-0.39, 0.29) is 0 Å². The van der Waals surface area contributed by atoms with Gasteiger partial charge in [-0.1, -0.05) is 0 Å². The lowest BCUT2D eigenvalue weighted by Gasteiger charge is -2.40. The fourth-order valence-electron chi connectivity index (χ4n) is 5.16. The minimum Gasteiger partial charge on any atom is -0.481 e. The Kier molecular flexibility index (Phi) is 7.68. The number of nitrogens with two attached hydrogens (primary N) is 1. The number of aliphatic imine (C=N–C) groups is 1. The van der Waals surface area contributed by atoms with Crippen LogP contribution in [0.25, 0.3) is 5.70 Å². The van der Waals surface area contributed by atoms with Gasteiger partial charge in [-0.05, 0) is 64.6 Å². The lowest BCUT2D eigenvalue weighted by Crippen LogP contribution is -2.44. The number of nitrogens with zero attached hydrogens (tertiary/aromatic N) is 5. The van der Waals surface area contributed by atoms with Crippen molar-refractivity contribution in [3.63, 3.8) is 0 Å². The van der Waals surface area contributed by atoms with E-state index in [9.17, 15) is 0 Å². The first-order chi connectivity index (χ1) is 16.4. The summed E-state index contributed by atoms with van der Waals surface area (Å²) in [7, 11) is 3.85. The molecule has 2 unspecified atom stereocenters. The second-order valence-corrected chi connectivity index (χ2v) is 9.73. The molecule has 0 saturated carbocycles. The SMILES string of the molecule is COc1ncc(C(N)=C2CCOCCC2=Nc2cnn(CC3CC(C)N(C)C(C)C3)c2)cc1C. The van der Waals surface area contributed by atoms with Crippen LogP contribution in [0.1, 0.15) is 50.7 Å². The molecule has 0 radical (unpaired) electrons. The minimum atomic E-state index is 0.599. The number of aromatic nitrogens is 3. The molecule has 0 bridgehead atoms. The van der Waals surface area contributed by atoms with Gasteiger partial charge in [0.25, 0.3) is 0 Å². The first-order valence-corrected chi connectivity index (χ1v) is 12.3. The number of pyridine rings is 1. The van der Waals surface area contributed by atoms with Crippen LogP contribution >= 0.6 is 0 Å². The molecule has 0 aromatic carbocycles. The summed E-state index contributed by atoms with van der Waals surface area (Å²) in [6.45, 7) is 8.79. The van der Waals surface area contributed by atoms with E-state index in [0.717, 1.165) is 41.1 Å². The Morgan fingerprint density at radius 2 is 1.94 bits per heavy atom. The van der Waals surface area contributed by atoms with Crippen LogP contribution in [0.5, 0.6) is 5.88 Å². The van der Waals surface area contributed by atoms with E-state index in [1.807, 2.05) is 23.9 Å². The molecule has 2 aliphatic rings. The summed E-state index contributed by atoms with van der Waals surface area (Å²) in [5.74, 6) is 1.24. The van der Waals surface area contributed by atoms with Gasteiger partial charge in [0.15, 0.2) is 0 Å². The number of piperidine rings is 1. The fraction of sp³-hybridized carbons (Fsp3) is 0.577. The van der Waals surface area contributed by atoms with Crippen molar-refractivity contribution in [3.8, 4) is 5.88 Å². The Balaban J connectivity index is 1.56. The highest BCUT2D eigenvalue weighted by molar-refractivity contribution is 6.07. The number of aryl methyl sites for hydroxylation is 1. The zero-order chi connectivity index (χ0) is 24.2. The van der Waals surface area contributed by atoms with E-state index in [0.29, 0.717) is 49.2 Å². The molecule has 2 aliphatic heterocycles. The van der Waals surface area contributed by atoms with E-state index in [1.54, 1.807) is 13.3 Å². The molecule has 8 heteroatoms. The van der Waals surface area contributed by atoms with Crippen LogP contribution in [0.2, 0.25) is 0 Å². The van der Waals surface area contributed by atoms with Gasteiger partial charge >= 0.3 is 0 Å². The molecule has 0 aliphatic carbocycles. The molecule has 0 spiro atoms. The summed E-state index contributed by atoms with van der Waals surface area (Å²) >= 11 is 0. The zero-order valence-corrected chi connectivity index (χ0v) is 21.1. The first kappa shape index (κ1) is 24.4. The quantitative estimate of drug-likeness (QED) is 0.717. The van der Waals surface area contributed by atoms with Gasteiger partial charge in [0, 0.05) is 53.8 Å². The summed E-state index contributed by atoms with van der Waals surface area (Å²) in [5.41, 5.74) is 12.0. The summed E-state index contributed by atoms with van der Waals surface area (Å²) in [5, 5.41) is 4.62. The summed E-state index contributed by atoms with van der Waals surface area (Å²) in [6.07, 6.45) is 9.50. The van der Waals surface area contributed by atoms with Gasteiger partial charge < -0.3 is 20.1 Å². The molecule has 184 valence electrons. The molecule has 0 amide bonds. The van der Waals surface area contributed by atoms with Gasteiger partial charge in [-0.15, -0.1) is 0 Å². The predicted octanol–water partition coefficient (Wildman–Crippen LogP) is 3.97. The van der Waals surface area contributed by atoms with Gasteiger partial charge in [0.1, 0.15) is 5.69 Å². The first-order valence-electron chi connectivity index (χ1n) is 12.3. The van der Waals surface area contributed by atoms with E-state index >= 15 is 0 Å². The maximum atomic E-state index is 6.65. The van der Waals surface area contributed by atoms with Crippen molar-refractivity contribution in [3.05, 3.63) is 41.4 Å². The topological polar surface area (TPSA) is 90.8 Å². The lowest BCUT2D eigenvalue weighted by atomic mass is 9.87. The maximum absolute atomic E-state index is 6.65. The predicted molar refractivity (Wildman–Crippen MR) is 135 cm³/mol. The highest BCUT2D eigenvalue weighted by atomic mass is 16.5. The molecule has 8 nitrogen and oxygen atoms in total. The second-order valence-electron chi connectivity index (χ2n) is 9.73. The average Bonchev–Trinajstić information content (AvgIpc) is 3.11. The molecule has 2 aromatic rings. The molecule has 2 saturated heterocycles. The largest absolute Gasteiger partial charge is 0.481 e. The molecule has 2 aromatic heterocycles. The Morgan fingerprint density at radius 3 is 2.65 bits per heavy atom. The summed E-state index contributed by atoms with van der Waals surface area (Å²) in [6, 6.07) is 3.21.